The van der Waals surface area contributed by atoms with Crippen LogP contribution in [0.1, 0.15) is 5.56 Å². The number of methoxy groups -OCH3 is 1. The standard InChI is InChI=1S/C12H16N2O4/c1-17-7-6-10-2-4-12(5-3-10)18-9-11(14-16)8-13-15/h2-5,8,15-16H,6-7,9H2,1H3/b13-8+,14-11+. The smallest absolute Gasteiger partial charge is 0.138 e. The van der Waals surface area contributed by atoms with E-state index in [-0.39, 0.29) is 12.3 Å². The molecule has 0 amide bonds. The number of hydrogen-bond acceptors (Lipinski definition) is 6. The second kappa shape index (κ2) is 8.08. The Hall–Kier alpha value is -2.08. The summed E-state index contributed by atoms with van der Waals surface area (Å²) >= 11 is 0. The third-order valence-corrected chi connectivity index (χ3v) is 2.24. The van der Waals surface area contributed by atoms with Crippen molar-refractivity contribution in [2.45, 2.75) is 6.42 Å². The molecule has 0 saturated heterocycles. The molecule has 0 aliphatic carbocycles. The summed E-state index contributed by atoms with van der Waals surface area (Å²) in [7, 11) is 1.66. The van der Waals surface area contributed by atoms with Gasteiger partial charge in [-0.1, -0.05) is 22.4 Å². The van der Waals surface area contributed by atoms with E-state index in [2.05, 4.69) is 10.3 Å². The van der Waals surface area contributed by atoms with Crippen LogP contribution in [-0.2, 0) is 11.2 Å². The van der Waals surface area contributed by atoms with E-state index in [1.54, 1.807) is 7.11 Å². The maximum atomic E-state index is 8.57. The molecule has 0 radical (unpaired) electrons. The molecule has 6 nitrogen and oxygen atoms in total. The molecule has 18 heavy (non-hydrogen) atoms. The monoisotopic (exact) mass is 252 g/mol. The van der Waals surface area contributed by atoms with Crippen LogP contribution in [-0.4, -0.2) is 42.7 Å². The molecule has 1 aromatic carbocycles. The summed E-state index contributed by atoms with van der Waals surface area (Å²) < 4.78 is 10.3. The number of oxime groups is 2. The summed E-state index contributed by atoms with van der Waals surface area (Å²) in [5, 5.41) is 22.5. The lowest BCUT2D eigenvalue weighted by molar-refractivity contribution is 0.202. The van der Waals surface area contributed by atoms with E-state index in [1.807, 2.05) is 24.3 Å². The van der Waals surface area contributed by atoms with E-state index in [0.29, 0.717) is 12.4 Å². The first-order chi connectivity index (χ1) is 8.80. The molecule has 0 bridgehead atoms. The van der Waals surface area contributed by atoms with Gasteiger partial charge in [-0.3, -0.25) is 0 Å². The Morgan fingerprint density at radius 2 is 2.00 bits per heavy atom. The van der Waals surface area contributed by atoms with Crippen LogP contribution in [0.2, 0.25) is 0 Å². The van der Waals surface area contributed by atoms with Crippen LogP contribution < -0.4 is 4.74 Å². The Morgan fingerprint density at radius 3 is 2.56 bits per heavy atom. The van der Waals surface area contributed by atoms with Crippen molar-refractivity contribution in [3.63, 3.8) is 0 Å². The highest BCUT2D eigenvalue weighted by Crippen LogP contribution is 2.12. The lowest BCUT2D eigenvalue weighted by atomic mass is 10.1. The number of rotatable bonds is 7. The topological polar surface area (TPSA) is 83.6 Å². The van der Waals surface area contributed by atoms with Gasteiger partial charge >= 0.3 is 0 Å². The number of ether oxygens (including phenoxy) is 2. The van der Waals surface area contributed by atoms with Crippen molar-refractivity contribution >= 4 is 11.9 Å². The molecular weight excluding hydrogens is 236 g/mol. The van der Waals surface area contributed by atoms with E-state index in [1.165, 1.54) is 0 Å². The molecule has 0 aliphatic heterocycles. The van der Waals surface area contributed by atoms with Crippen LogP contribution in [0.15, 0.2) is 34.6 Å². The fourth-order valence-electron chi connectivity index (χ4n) is 1.29. The largest absolute Gasteiger partial charge is 0.487 e. The van der Waals surface area contributed by atoms with Gasteiger partial charge in [0, 0.05) is 7.11 Å². The minimum atomic E-state index is 0.0258. The Morgan fingerprint density at radius 1 is 1.28 bits per heavy atom. The van der Waals surface area contributed by atoms with Crippen molar-refractivity contribution in [3.8, 4) is 5.75 Å². The first-order valence-electron chi connectivity index (χ1n) is 5.39. The molecule has 0 unspecified atom stereocenters. The Bertz CT molecular complexity index is 401. The van der Waals surface area contributed by atoms with Gasteiger partial charge in [0.25, 0.3) is 0 Å². The van der Waals surface area contributed by atoms with Gasteiger partial charge in [-0.15, -0.1) is 0 Å². The predicted molar refractivity (Wildman–Crippen MR) is 67.0 cm³/mol. The summed E-state index contributed by atoms with van der Waals surface area (Å²) in [6.45, 7) is 0.701. The zero-order valence-corrected chi connectivity index (χ0v) is 10.1. The molecule has 0 spiro atoms. The number of benzene rings is 1. The Kier molecular flexibility index (Phi) is 6.27. The van der Waals surface area contributed by atoms with E-state index in [4.69, 9.17) is 19.9 Å². The van der Waals surface area contributed by atoms with Crippen LogP contribution in [0.5, 0.6) is 5.75 Å². The summed E-state index contributed by atoms with van der Waals surface area (Å²) in [6, 6.07) is 7.50. The minimum absolute atomic E-state index is 0.0258. The minimum Gasteiger partial charge on any atom is -0.487 e. The summed E-state index contributed by atoms with van der Waals surface area (Å²) in [6.07, 6.45) is 1.85. The molecule has 0 saturated carbocycles. The molecule has 0 aromatic heterocycles. The van der Waals surface area contributed by atoms with Crippen molar-refractivity contribution in [2.24, 2.45) is 10.3 Å². The van der Waals surface area contributed by atoms with Gasteiger partial charge in [0.05, 0.1) is 12.8 Å². The van der Waals surface area contributed by atoms with E-state index in [9.17, 15) is 0 Å². The van der Waals surface area contributed by atoms with Gasteiger partial charge < -0.3 is 19.9 Å². The molecule has 98 valence electrons. The predicted octanol–water partition coefficient (Wildman–Crippen LogP) is 1.54. The molecule has 0 fully saturated rings. The molecule has 2 N–H and O–H groups in total. The Balaban J connectivity index is 2.48. The first-order valence-corrected chi connectivity index (χ1v) is 5.39. The van der Waals surface area contributed by atoms with Gasteiger partial charge in [-0.2, -0.15) is 0 Å². The fraction of sp³-hybridized carbons (Fsp3) is 0.333. The van der Waals surface area contributed by atoms with Gasteiger partial charge in [0.1, 0.15) is 18.1 Å². The maximum absolute atomic E-state index is 8.57. The average molecular weight is 252 g/mol. The van der Waals surface area contributed by atoms with Crippen molar-refractivity contribution in [1.82, 2.24) is 0 Å². The van der Waals surface area contributed by atoms with Gasteiger partial charge in [0.15, 0.2) is 0 Å². The SMILES string of the molecule is COCCc1ccc(OCC(/C=N/O)=N/O)cc1. The van der Waals surface area contributed by atoms with Crippen molar-refractivity contribution in [1.29, 1.82) is 0 Å². The highest BCUT2D eigenvalue weighted by atomic mass is 16.5. The first kappa shape index (κ1) is 14.0. The quantitative estimate of drug-likeness (QED) is 0.438. The molecule has 0 aliphatic rings. The van der Waals surface area contributed by atoms with Crippen LogP contribution in [0.4, 0.5) is 0 Å². The summed E-state index contributed by atoms with van der Waals surface area (Å²) in [4.78, 5) is 0. The molecule has 1 rings (SSSR count). The molecule has 0 heterocycles. The third-order valence-electron chi connectivity index (χ3n) is 2.24. The zero-order valence-electron chi connectivity index (χ0n) is 10.1. The van der Waals surface area contributed by atoms with Gasteiger partial charge in [-0.25, -0.2) is 0 Å². The van der Waals surface area contributed by atoms with Gasteiger partial charge in [0.2, 0.25) is 0 Å². The van der Waals surface area contributed by atoms with E-state index in [0.717, 1.165) is 18.2 Å². The van der Waals surface area contributed by atoms with Crippen LogP contribution >= 0.6 is 0 Å². The zero-order chi connectivity index (χ0) is 13.2. The maximum Gasteiger partial charge on any atom is 0.138 e. The lowest BCUT2D eigenvalue weighted by Crippen LogP contribution is -2.12. The Labute approximate surface area is 105 Å². The molecule has 6 heteroatoms. The van der Waals surface area contributed by atoms with E-state index >= 15 is 0 Å². The van der Waals surface area contributed by atoms with Crippen LogP contribution in [0.3, 0.4) is 0 Å². The normalized spacial score (nSPS) is 11.9. The second-order valence-corrected chi connectivity index (χ2v) is 3.51. The van der Waals surface area contributed by atoms with Crippen molar-refractivity contribution in [3.05, 3.63) is 29.8 Å². The van der Waals surface area contributed by atoms with Gasteiger partial charge in [-0.05, 0) is 24.1 Å². The van der Waals surface area contributed by atoms with Crippen molar-refractivity contribution in [2.75, 3.05) is 20.3 Å². The highest BCUT2D eigenvalue weighted by molar-refractivity contribution is 6.30. The second-order valence-electron chi connectivity index (χ2n) is 3.51. The molecule has 1 aromatic rings. The third kappa shape index (κ3) is 4.84. The number of hydrogen-bond donors (Lipinski definition) is 2. The average Bonchev–Trinajstić information content (AvgIpc) is 2.42. The van der Waals surface area contributed by atoms with Crippen LogP contribution in [0.25, 0.3) is 0 Å². The van der Waals surface area contributed by atoms with Crippen LogP contribution in [0, 0.1) is 0 Å². The highest BCUT2D eigenvalue weighted by Gasteiger charge is 2.00. The van der Waals surface area contributed by atoms with Crippen molar-refractivity contribution < 1.29 is 19.9 Å². The number of nitrogens with zero attached hydrogens (tertiary/aromatic N) is 2. The summed E-state index contributed by atoms with van der Waals surface area (Å²) in [5.74, 6) is 0.642. The van der Waals surface area contributed by atoms with E-state index < -0.39 is 0 Å². The lowest BCUT2D eigenvalue weighted by Gasteiger charge is -2.06. The fourth-order valence-corrected chi connectivity index (χ4v) is 1.29. The molecular formula is C12H16N2O4. The molecule has 0 atom stereocenters. The summed E-state index contributed by atoms with van der Waals surface area (Å²) in [5.41, 5.74) is 1.28.